The highest BCUT2D eigenvalue weighted by atomic mass is 19.1. The van der Waals surface area contributed by atoms with Crippen molar-refractivity contribution < 1.29 is 14.2 Å². The second-order valence-corrected chi connectivity index (χ2v) is 4.20. The zero-order chi connectivity index (χ0) is 15.1. The first-order valence-electron chi connectivity index (χ1n) is 6.24. The van der Waals surface area contributed by atoms with Crippen LogP contribution in [0.25, 0.3) is 0 Å². The predicted octanol–water partition coefficient (Wildman–Crippen LogP) is 2.62. The van der Waals surface area contributed by atoms with Crippen LogP contribution in [0.15, 0.2) is 42.5 Å². The minimum atomic E-state index is -0.432. The molecule has 2 aromatic rings. The summed E-state index contributed by atoms with van der Waals surface area (Å²) in [5.74, 6) is 5.16. The average Bonchev–Trinajstić information content (AvgIpc) is 2.53. The molecule has 2 rings (SSSR count). The molecule has 0 aliphatic heterocycles. The van der Waals surface area contributed by atoms with Gasteiger partial charge in [0.1, 0.15) is 24.8 Å². The van der Waals surface area contributed by atoms with Crippen LogP contribution in [-0.4, -0.2) is 11.7 Å². The van der Waals surface area contributed by atoms with Gasteiger partial charge in [-0.05, 0) is 42.0 Å². The Morgan fingerprint density at radius 1 is 1.14 bits per heavy atom. The van der Waals surface area contributed by atoms with E-state index in [-0.39, 0.29) is 18.8 Å². The second kappa shape index (κ2) is 7.09. The summed E-state index contributed by atoms with van der Waals surface area (Å²) in [6.07, 6.45) is 0. The highest BCUT2D eigenvalue weighted by Gasteiger charge is 2.02. The smallest absolute Gasteiger partial charge is 0.138 e. The molecule has 3 nitrogen and oxygen atoms in total. The van der Waals surface area contributed by atoms with Crippen molar-refractivity contribution in [3.8, 4) is 23.7 Å². The van der Waals surface area contributed by atoms with Crippen molar-refractivity contribution in [2.24, 2.45) is 0 Å². The largest absolute Gasteiger partial charge is 0.489 e. The summed E-state index contributed by atoms with van der Waals surface area (Å²) in [7, 11) is 0. The van der Waals surface area contributed by atoms with Crippen LogP contribution in [0.3, 0.4) is 0 Å². The monoisotopic (exact) mass is 281 g/mol. The van der Waals surface area contributed by atoms with Crippen LogP contribution in [0, 0.1) is 29.0 Å². The molecule has 1 N–H and O–H groups in total. The van der Waals surface area contributed by atoms with E-state index in [4.69, 9.17) is 15.1 Å². The normalized spacial score (nSPS) is 9.38. The van der Waals surface area contributed by atoms with Gasteiger partial charge in [-0.25, -0.2) is 4.39 Å². The topological polar surface area (TPSA) is 53.2 Å². The fraction of sp³-hybridized carbons (Fsp3) is 0.118. The standard InChI is InChI=1S/C17H12FNO2/c18-17-8-5-14(10-15(17)2-1-9-20)12-21-16-6-3-13(11-19)4-7-16/h3-8,10,20H,9,12H2. The number of ether oxygens (including phenoxy) is 1. The third-order valence-electron chi connectivity index (χ3n) is 2.72. The Morgan fingerprint density at radius 3 is 2.57 bits per heavy atom. The summed E-state index contributed by atoms with van der Waals surface area (Å²) in [5.41, 5.74) is 1.55. The van der Waals surface area contributed by atoms with Gasteiger partial charge in [-0.1, -0.05) is 17.9 Å². The fourth-order valence-corrected chi connectivity index (χ4v) is 1.69. The lowest BCUT2D eigenvalue weighted by Gasteiger charge is -2.07. The Labute approximate surface area is 122 Å². The van der Waals surface area contributed by atoms with E-state index in [2.05, 4.69) is 11.8 Å². The van der Waals surface area contributed by atoms with Gasteiger partial charge in [-0.3, -0.25) is 0 Å². The van der Waals surface area contributed by atoms with E-state index in [9.17, 15) is 4.39 Å². The molecule has 0 aromatic heterocycles. The van der Waals surface area contributed by atoms with Crippen molar-refractivity contribution in [2.45, 2.75) is 6.61 Å². The van der Waals surface area contributed by atoms with Gasteiger partial charge < -0.3 is 9.84 Å². The maximum absolute atomic E-state index is 13.5. The molecule has 0 saturated carbocycles. The molecule has 21 heavy (non-hydrogen) atoms. The molecule has 0 saturated heterocycles. The number of aliphatic hydroxyl groups is 1. The lowest BCUT2D eigenvalue weighted by atomic mass is 10.1. The number of rotatable bonds is 3. The van der Waals surface area contributed by atoms with Gasteiger partial charge in [0, 0.05) is 0 Å². The molecule has 0 heterocycles. The van der Waals surface area contributed by atoms with Crippen LogP contribution in [0.5, 0.6) is 5.75 Å². The number of benzene rings is 2. The maximum Gasteiger partial charge on any atom is 0.138 e. The summed E-state index contributed by atoms with van der Waals surface area (Å²) in [5, 5.41) is 17.3. The molecule has 0 spiro atoms. The molecule has 2 aromatic carbocycles. The van der Waals surface area contributed by atoms with E-state index in [0.29, 0.717) is 11.3 Å². The summed E-state index contributed by atoms with van der Waals surface area (Å²) >= 11 is 0. The van der Waals surface area contributed by atoms with E-state index in [1.165, 1.54) is 6.07 Å². The second-order valence-electron chi connectivity index (χ2n) is 4.20. The van der Waals surface area contributed by atoms with E-state index >= 15 is 0 Å². The minimum Gasteiger partial charge on any atom is -0.489 e. The Kier molecular flexibility index (Phi) is 4.93. The SMILES string of the molecule is N#Cc1ccc(OCc2ccc(F)c(C#CCO)c2)cc1. The van der Waals surface area contributed by atoms with Crippen LogP contribution in [-0.2, 0) is 6.61 Å². The summed E-state index contributed by atoms with van der Waals surface area (Å²) in [6.45, 7) is -0.0502. The Balaban J connectivity index is 2.07. The maximum atomic E-state index is 13.5. The summed E-state index contributed by atoms with van der Waals surface area (Å²) < 4.78 is 19.0. The van der Waals surface area contributed by atoms with E-state index in [0.717, 1.165) is 5.56 Å². The van der Waals surface area contributed by atoms with Crippen molar-refractivity contribution in [3.05, 3.63) is 65.0 Å². The fourth-order valence-electron chi connectivity index (χ4n) is 1.69. The Morgan fingerprint density at radius 2 is 1.90 bits per heavy atom. The molecule has 0 amide bonds. The van der Waals surface area contributed by atoms with E-state index < -0.39 is 5.82 Å². The molecule has 0 aliphatic carbocycles. The predicted molar refractivity (Wildman–Crippen MR) is 75.9 cm³/mol. The molecule has 0 fully saturated rings. The third-order valence-corrected chi connectivity index (χ3v) is 2.72. The van der Waals surface area contributed by atoms with Crippen molar-refractivity contribution in [1.29, 1.82) is 5.26 Å². The molecule has 0 bridgehead atoms. The number of nitrogens with zero attached hydrogens (tertiary/aromatic N) is 1. The lowest BCUT2D eigenvalue weighted by molar-refractivity contribution is 0.306. The third kappa shape index (κ3) is 4.07. The zero-order valence-corrected chi connectivity index (χ0v) is 11.1. The van der Waals surface area contributed by atoms with Crippen LogP contribution < -0.4 is 4.74 Å². The number of halogens is 1. The summed E-state index contributed by atoms with van der Waals surface area (Å²) in [6, 6.07) is 13.3. The number of aliphatic hydroxyl groups excluding tert-OH is 1. The molecule has 0 atom stereocenters. The number of hydrogen-bond donors (Lipinski definition) is 1. The first kappa shape index (κ1) is 14.6. The molecule has 4 heteroatoms. The van der Waals surface area contributed by atoms with Crippen LogP contribution in [0.1, 0.15) is 16.7 Å². The van der Waals surface area contributed by atoms with Crippen molar-refractivity contribution in [2.75, 3.05) is 6.61 Å². The number of nitriles is 1. The van der Waals surface area contributed by atoms with E-state index in [1.807, 2.05) is 6.07 Å². The van der Waals surface area contributed by atoms with Gasteiger partial charge in [-0.15, -0.1) is 0 Å². The van der Waals surface area contributed by atoms with Crippen molar-refractivity contribution >= 4 is 0 Å². The molecular weight excluding hydrogens is 269 g/mol. The molecular formula is C17H12FNO2. The van der Waals surface area contributed by atoms with Gasteiger partial charge in [-0.2, -0.15) is 5.26 Å². The highest BCUT2D eigenvalue weighted by Crippen LogP contribution is 2.15. The average molecular weight is 281 g/mol. The van der Waals surface area contributed by atoms with Crippen molar-refractivity contribution in [1.82, 2.24) is 0 Å². The van der Waals surface area contributed by atoms with E-state index in [1.54, 1.807) is 36.4 Å². The zero-order valence-electron chi connectivity index (χ0n) is 11.1. The van der Waals surface area contributed by atoms with Crippen LogP contribution in [0.4, 0.5) is 4.39 Å². The van der Waals surface area contributed by atoms with Gasteiger partial charge in [0.05, 0.1) is 17.2 Å². The Bertz CT molecular complexity index is 721. The van der Waals surface area contributed by atoms with Gasteiger partial charge >= 0.3 is 0 Å². The minimum absolute atomic E-state index is 0.227. The lowest BCUT2D eigenvalue weighted by Crippen LogP contribution is -1.97. The molecule has 0 aliphatic rings. The summed E-state index contributed by atoms with van der Waals surface area (Å²) in [4.78, 5) is 0. The highest BCUT2D eigenvalue weighted by molar-refractivity contribution is 5.39. The van der Waals surface area contributed by atoms with Crippen LogP contribution >= 0.6 is 0 Å². The Hall–Kier alpha value is -2.82. The molecule has 0 radical (unpaired) electrons. The molecule has 0 unspecified atom stereocenters. The van der Waals surface area contributed by atoms with Gasteiger partial charge in [0.15, 0.2) is 0 Å². The van der Waals surface area contributed by atoms with Crippen molar-refractivity contribution in [3.63, 3.8) is 0 Å². The first-order chi connectivity index (χ1) is 10.2. The van der Waals surface area contributed by atoms with Gasteiger partial charge in [0.25, 0.3) is 0 Å². The van der Waals surface area contributed by atoms with Gasteiger partial charge in [0.2, 0.25) is 0 Å². The molecule has 104 valence electrons. The number of hydrogen-bond acceptors (Lipinski definition) is 3. The quantitative estimate of drug-likeness (QED) is 0.880. The van der Waals surface area contributed by atoms with Crippen LogP contribution in [0.2, 0.25) is 0 Å². The first-order valence-corrected chi connectivity index (χ1v) is 6.24.